The normalized spacial score (nSPS) is 14.6. The van der Waals surface area contributed by atoms with Gasteiger partial charge in [0.15, 0.2) is 5.82 Å². The van der Waals surface area contributed by atoms with Gasteiger partial charge in [-0.2, -0.15) is 4.98 Å². The first-order chi connectivity index (χ1) is 11.4. The fourth-order valence-corrected chi connectivity index (χ4v) is 2.53. The molecule has 126 valence electrons. The lowest BCUT2D eigenvalue weighted by atomic mass is 9.98. The minimum absolute atomic E-state index is 0.0378. The molecule has 7 heteroatoms. The summed E-state index contributed by atoms with van der Waals surface area (Å²) in [5.41, 5.74) is 1.27. The maximum atomic E-state index is 12.4. The number of benzene rings is 1. The lowest BCUT2D eigenvalue weighted by Crippen LogP contribution is -2.48. The lowest BCUT2D eigenvalue weighted by molar-refractivity contribution is -0.114. The molecule has 0 atom stereocenters. The molecule has 0 bridgehead atoms. The molecular weight excluding hydrogens is 308 g/mol. The summed E-state index contributed by atoms with van der Waals surface area (Å²) < 4.78 is 5.28. The van der Waals surface area contributed by atoms with Crippen molar-refractivity contribution in [3.05, 3.63) is 41.5 Å². The summed E-state index contributed by atoms with van der Waals surface area (Å²) in [5.74, 6) is 1.45. The Morgan fingerprint density at radius 2 is 1.92 bits per heavy atom. The average molecular weight is 328 g/mol. The van der Waals surface area contributed by atoms with Crippen molar-refractivity contribution in [2.24, 2.45) is 0 Å². The standard InChI is InChI=1S/C17H20N4O3/c1-10(2)15-19-16(24-20-15)13-8-21(9-13)17(23)12-4-6-14(7-5-12)18-11(3)22/h4-7,10,13H,8-9H2,1-3H3,(H,18,22). The number of hydrogen-bond donors (Lipinski definition) is 1. The minimum Gasteiger partial charge on any atom is -0.339 e. The van der Waals surface area contributed by atoms with Crippen LogP contribution in [0.4, 0.5) is 5.69 Å². The van der Waals surface area contributed by atoms with Crippen LogP contribution in [0.5, 0.6) is 0 Å². The van der Waals surface area contributed by atoms with Crippen LogP contribution in [0.1, 0.15) is 54.7 Å². The Bertz CT molecular complexity index is 745. The first-order valence-electron chi connectivity index (χ1n) is 7.94. The van der Waals surface area contributed by atoms with Crippen LogP contribution in [-0.4, -0.2) is 39.9 Å². The number of carbonyl (C=O) groups excluding carboxylic acids is 2. The number of anilines is 1. The van der Waals surface area contributed by atoms with E-state index in [2.05, 4.69) is 15.5 Å². The average Bonchev–Trinajstić information content (AvgIpc) is 2.95. The monoisotopic (exact) mass is 328 g/mol. The van der Waals surface area contributed by atoms with Gasteiger partial charge in [0.1, 0.15) is 0 Å². The molecule has 7 nitrogen and oxygen atoms in total. The molecule has 0 radical (unpaired) electrons. The Labute approximate surface area is 140 Å². The maximum absolute atomic E-state index is 12.4. The van der Waals surface area contributed by atoms with Gasteiger partial charge in [-0.15, -0.1) is 0 Å². The topological polar surface area (TPSA) is 88.3 Å². The Kier molecular flexibility index (Phi) is 4.33. The summed E-state index contributed by atoms with van der Waals surface area (Å²) in [5, 5.41) is 6.63. The van der Waals surface area contributed by atoms with Crippen LogP contribution >= 0.6 is 0 Å². The van der Waals surface area contributed by atoms with E-state index in [9.17, 15) is 9.59 Å². The predicted octanol–water partition coefficient (Wildman–Crippen LogP) is 2.39. The fraction of sp³-hybridized carbons (Fsp3) is 0.412. The van der Waals surface area contributed by atoms with Crippen LogP contribution in [0.2, 0.25) is 0 Å². The van der Waals surface area contributed by atoms with E-state index < -0.39 is 0 Å². The molecule has 0 aliphatic carbocycles. The Morgan fingerprint density at radius 1 is 1.25 bits per heavy atom. The molecule has 2 heterocycles. The molecule has 1 N–H and O–H groups in total. The van der Waals surface area contributed by atoms with Gasteiger partial charge in [-0.05, 0) is 24.3 Å². The molecule has 1 aliphatic heterocycles. The van der Waals surface area contributed by atoms with Crippen LogP contribution in [-0.2, 0) is 4.79 Å². The van der Waals surface area contributed by atoms with E-state index in [4.69, 9.17) is 4.52 Å². The van der Waals surface area contributed by atoms with Crippen LogP contribution < -0.4 is 5.32 Å². The highest BCUT2D eigenvalue weighted by Crippen LogP contribution is 2.28. The number of hydrogen-bond acceptors (Lipinski definition) is 5. The van der Waals surface area contributed by atoms with Gasteiger partial charge in [0.2, 0.25) is 11.8 Å². The molecule has 0 unspecified atom stereocenters. The van der Waals surface area contributed by atoms with Gasteiger partial charge in [0.25, 0.3) is 5.91 Å². The fourth-order valence-electron chi connectivity index (χ4n) is 2.53. The molecule has 1 fully saturated rings. The highest BCUT2D eigenvalue weighted by Gasteiger charge is 2.36. The summed E-state index contributed by atoms with van der Waals surface area (Å²) in [4.78, 5) is 29.6. The van der Waals surface area contributed by atoms with Gasteiger partial charge in [-0.25, -0.2) is 0 Å². The summed E-state index contributed by atoms with van der Waals surface area (Å²) in [6, 6.07) is 6.87. The van der Waals surface area contributed by atoms with Crippen LogP contribution in [0.15, 0.2) is 28.8 Å². The number of rotatable bonds is 4. The number of likely N-dealkylation sites (tertiary alicyclic amines) is 1. The van der Waals surface area contributed by atoms with Gasteiger partial charge in [-0.1, -0.05) is 19.0 Å². The Balaban J connectivity index is 1.58. The summed E-state index contributed by atoms with van der Waals surface area (Å²) in [7, 11) is 0. The Hall–Kier alpha value is -2.70. The third-order valence-corrected chi connectivity index (χ3v) is 3.94. The van der Waals surface area contributed by atoms with Gasteiger partial charge in [0, 0.05) is 37.2 Å². The first-order valence-corrected chi connectivity index (χ1v) is 7.94. The molecule has 1 aromatic carbocycles. The number of aromatic nitrogens is 2. The van der Waals surface area contributed by atoms with Gasteiger partial charge in [0.05, 0.1) is 5.92 Å². The molecule has 2 amide bonds. The second kappa shape index (κ2) is 6.43. The number of nitrogens with zero attached hydrogens (tertiary/aromatic N) is 3. The number of amides is 2. The molecule has 3 rings (SSSR count). The number of carbonyl (C=O) groups is 2. The molecule has 1 aliphatic rings. The predicted molar refractivity (Wildman–Crippen MR) is 87.8 cm³/mol. The van der Waals surface area contributed by atoms with Crippen molar-refractivity contribution in [3.8, 4) is 0 Å². The van der Waals surface area contributed by atoms with Crippen molar-refractivity contribution in [1.29, 1.82) is 0 Å². The molecule has 24 heavy (non-hydrogen) atoms. The van der Waals surface area contributed by atoms with Crippen molar-refractivity contribution >= 4 is 17.5 Å². The van der Waals surface area contributed by atoms with Gasteiger partial charge < -0.3 is 14.7 Å². The van der Waals surface area contributed by atoms with E-state index in [1.54, 1.807) is 29.2 Å². The lowest BCUT2D eigenvalue weighted by Gasteiger charge is -2.37. The van der Waals surface area contributed by atoms with E-state index >= 15 is 0 Å². The smallest absolute Gasteiger partial charge is 0.253 e. The zero-order valence-corrected chi connectivity index (χ0v) is 13.9. The van der Waals surface area contributed by atoms with Crippen molar-refractivity contribution < 1.29 is 14.1 Å². The van der Waals surface area contributed by atoms with E-state index in [0.29, 0.717) is 36.1 Å². The largest absolute Gasteiger partial charge is 0.339 e. The van der Waals surface area contributed by atoms with Gasteiger partial charge in [-0.3, -0.25) is 9.59 Å². The van der Waals surface area contributed by atoms with Gasteiger partial charge >= 0.3 is 0 Å². The minimum atomic E-state index is -0.139. The highest BCUT2D eigenvalue weighted by atomic mass is 16.5. The third-order valence-electron chi connectivity index (χ3n) is 3.94. The second-order valence-electron chi connectivity index (χ2n) is 6.31. The summed E-state index contributed by atoms with van der Waals surface area (Å²) in [6.45, 7) is 6.62. The van der Waals surface area contributed by atoms with E-state index in [0.717, 1.165) is 0 Å². The molecule has 1 aromatic heterocycles. The molecule has 0 spiro atoms. The second-order valence-corrected chi connectivity index (χ2v) is 6.31. The van der Waals surface area contributed by atoms with E-state index in [1.807, 2.05) is 13.8 Å². The Morgan fingerprint density at radius 3 is 2.46 bits per heavy atom. The summed E-state index contributed by atoms with van der Waals surface area (Å²) >= 11 is 0. The maximum Gasteiger partial charge on any atom is 0.253 e. The number of nitrogens with one attached hydrogen (secondary N) is 1. The van der Waals surface area contributed by atoms with Crippen molar-refractivity contribution in [3.63, 3.8) is 0 Å². The summed E-state index contributed by atoms with van der Waals surface area (Å²) in [6.07, 6.45) is 0. The molecule has 2 aromatic rings. The molecule has 0 saturated carbocycles. The quantitative estimate of drug-likeness (QED) is 0.931. The SMILES string of the molecule is CC(=O)Nc1ccc(C(=O)N2CC(c3nc(C(C)C)no3)C2)cc1. The van der Waals surface area contributed by atoms with E-state index in [-0.39, 0.29) is 23.7 Å². The highest BCUT2D eigenvalue weighted by molar-refractivity contribution is 5.96. The van der Waals surface area contributed by atoms with Crippen LogP contribution in [0.25, 0.3) is 0 Å². The van der Waals surface area contributed by atoms with Crippen LogP contribution in [0.3, 0.4) is 0 Å². The van der Waals surface area contributed by atoms with E-state index in [1.165, 1.54) is 6.92 Å². The zero-order chi connectivity index (χ0) is 17.3. The third kappa shape index (κ3) is 3.29. The van der Waals surface area contributed by atoms with Crippen molar-refractivity contribution in [2.75, 3.05) is 18.4 Å². The molecule has 1 saturated heterocycles. The first kappa shape index (κ1) is 16.2. The van der Waals surface area contributed by atoms with Crippen LogP contribution in [0, 0.1) is 0 Å². The molecular formula is C17H20N4O3. The van der Waals surface area contributed by atoms with Crippen molar-refractivity contribution in [1.82, 2.24) is 15.0 Å². The van der Waals surface area contributed by atoms with Crippen molar-refractivity contribution in [2.45, 2.75) is 32.6 Å². The zero-order valence-electron chi connectivity index (χ0n) is 13.9.